The van der Waals surface area contributed by atoms with E-state index in [0.29, 0.717) is 18.6 Å². The summed E-state index contributed by atoms with van der Waals surface area (Å²) in [6, 6.07) is 0. The first-order valence-electron chi connectivity index (χ1n) is 4.25. The summed E-state index contributed by atoms with van der Waals surface area (Å²) in [5.74, 6) is 0. The third-order valence-electron chi connectivity index (χ3n) is 1.72. The number of ether oxygens (including phenoxy) is 2. The van der Waals surface area contributed by atoms with Crippen molar-refractivity contribution in [3.63, 3.8) is 0 Å². The van der Waals surface area contributed by atoms with Crippen LogP contribution in [0.3, 0.4) is 0 Å². The largest absolute Gasteiger partial charge is 0.382 e. The fraction of sp³-hybridized carbons (Fsp3) is 1.00. The maximum Gasteiger partial charge on any atom is 0.0700 e. The maximum absolute atomic E-state index is 5.37. The van der Waals surface area contributed by atoms with Gasteiger partial charge in [0.15, 0.2) is 0 Å². The average molecular weight is 239 g/mol. The summed E-state index contributed by atoms with van der Waals surface area (Å²) in [4.78, 5) is 0. The van der Waals surface area contributed by atoms with E-state index in [0.717, 1.165) is 18.4 Å². The van der Waals surface area contributed by atoms with Gasteiger partial charge >= 0.3 is 0 Å². The first-order chi connectivity index (χ1) is 5.62. The van der Waals surface area contributed by atoms with Crippen LogP contribution in [-0.4, -0.2) is 32.3 Å². The van der Waals surface area contributed by atoms with E-state index >= 15 is 0 Å². The zero-order chi connectivity index (χ0) is 9.45. The van der Waals surface area contributed by atoms with Crippen LogP contribution in [0.4, 0.5) is 0 Å². The highest BCUT2D eigenvalue weighted by Crippen LogP contribution is 2.22. The topological polar surface area (TPSA) is 18.5 Å². The molecule has 0 saturated heterocycles. The van der Waals surface area contributed by atoms with E-state index in [2.05, 4.69) is 29.8 Å². The van der Waals surface area contributed by atoms with Crippen LogP contribution in [0.25, 0.3) is 0 Å². The zero-order valence-corrected chi connectivity index (χ0v) is 9.82. The highest BCUT2D eigenvalue weighted by Gasteiger charge is 2.14. The molecule has 0 atom stereocenters. The van der Waals surface area contributed by atoms with Gasteiger partial charge in [0.2, 0.25) is 0 Å². The Morgan fingerprint density at radius 3 is 2.33 bits per heavy atom. The molecule has 2 nitrogen and oxygen atoms in total. The van der Waals surface area contributed by atoms with Crippen molar-refractivity contribution in [3.05, 3.63) is 0 Å². The molecule has 0 aliphatic carbocycles. The van der Waals surface area contributed by atoms with Gasteiger partial charge in [-0.2, -0.15) is 0 Å². The number of hydrogen-bond donors (Lipinski definition) is 0. The van der Waals surface area contributed by atoms with Crippen LogP contribution >= 0.6 is 15.9 Å². The van der Waals surface area contributed by atoms with Gasteiger partial charge in [-0.15, -0.1) is 0 Å². The number of halogens is 1. The molecule has 0 amide bonds. The van der Waals surface area contributed by atoms with Gasteiger partial charge in [-0.3, -0.25) is 0 Å². The fourth-order valence-electron chi connectivity index (χ4n) is 0.660. The van der Waals surface area contributed by atoms with E-state index in [9.17, 15) is 0 Å². The van der Waals surface area contributed by atoms with Crippen molar-refractivity contribution >= 4 is 15.9 Å². The van der Waals surface area contributed by atoms with Crippen LogP contribution in [0.2, 0.25) is 0 Å². The van der Waals surface area contributed by atoms with Gasteiger partial charge in [0, 0.05) is 19.0 Å². The first kappa shape index (κ1) is 12.4. The number of rotatable bonds is 7. The monoisotopic (exact) mass is 238 g/mol. The van der Waals surface area contributed by atoms with E-state index in [1.165, 1.54) is 0 Å². The van der Waals surface area contributed by atoms with Gasteiger partial charge < -0.3 is 9.47 Å². The molecule has 0 bridgehead atoms. The van der Waals surface area contributed by atoms with Crippen molar-refractivity contribution in [2.24, 2.45) is 5.41 Å². The van der Waals surface area contributed by atoms with Crippen LogP contribution in [0.5, 0.6) is 0 Å². The van der Waals surface area contributed by atoms with E-state index in [-0.39, 0.29) is 0 Å². The molecule has 0 unspecified atom stereocenters. The van der Waals surface area contributed by atoms with E-state index in [4.69, 9.17) is 9.47 Å². The number of alkyl halides is 1. The third kappa shape index (κ3) is 7.07. The lowest BCUT2D eigenvalue weighted by Gasteiger charge is -2.20. The Morgan fingerprint density at radius 1 is 1.17 bits per heavy atom. The second kappa shape index (κ2) is 6.87. The van der Waals surface area contributed by atoms with Crippen LogP contribution in [0.15, 0.2) is 0 Å². The minimum atomic E-state index is 0.340. The summed E-state index contributed by atoms with van der Waals surface area (Å²) in [5, 5.41) is 1.02. The number of hydrogen-bond acceptors (Lipinski definition) is 2. The molecule has 0 aliphatic rings. The molecule has 0 rings (SSSR count). The van der Waals surface area contributed by atoms with Crippen LogP contribution < -0.4 is 0 Å². The van der Waals surface area contributed by atoms with Gasteiger partial charge in [0.1, 0.15) is 0 Å². The van der Waals surface area contributed by atoms with Gasteiger partial charge in [0.25, 0.3) is 0 Å². The Bertz CT molecular complexity index is 105. The summed E-state index contributed by atoms with van der Waals surface area (Å²) >= 11 is 3.47. The zero-order valence-electron chi connectivity index (χ0n) is 8.23. The van der Waals surface area contributed by atoms with Crippen molar-refractivity contribution in [1.29, 1.82) is 0 Å². The molecule has 74 valence electrons. The van der Waals surface area contributed by atoms with Gasteiger partial charge in [-0.25, -0.2) is 0 Å². The standard InChI is InChI=1S/C9H19BrO2/c1-9(2,8-10)4-5-12-7-6-11-3/h4-8H2,1-3H3. The lowest BCUT2D eigenvalue weighted by Crippen LogP contribution is -2.16. The van der Waals surface area contributed by atoms with Gasteiger partial charge in [0.05, 0.1) is 13.2 Å². The van der Waals surface area contributed by atoms with Crippen molar-refractivity contribution in [1.82, 2.24) is 0 Å². The highest BCUT2D eigenvalue weighted by molar-refractivity contribution is 9.09. The van der Waals surface area contributed by atoms with Crippen molar-refractivity contribution < 1.29 is 9.47 Å². The first-order valence-corrected chi connectivity index (χ1v) is 5.37. The third-order valence-corrected chi connectivity index (χ3v) is 3.23. The van der Waals surface area contributed by atoms with Gasteiger partial charge in [-0.05, 0) is 11.8 Å². The summed E-state index contributed by atoms with van der Waals surface area (Å²) in [7, 11) is 1.69. The summed E-state index contributed by atoms with van der Waals surface area (Å²) in [5.41, 5.74) is 0.340. The van der Waals surface area contributed by atoms with Gasteiger partial charge in [-0.1, -0.05) is 29.8 Å². The van der Waals surface area contributed by atoms with E-state index < -0.39 is 0 Å². The van der Waals surface area contributed by atoms with E-state index in [1.54, 1.807) is 7.11 Å². The molecule has 12 heavy (non-hydrogen) atoms. The fourth-order valence-corrected chi connectivity index (χ4v) is 0.940. The second-order valence-corrected chi connectivity index (χ2v) is 4.21. The quantitative estimate of drug-likeness (QED) is 0.502. The molecule has 0 aromatic heterocycles. The molecule has 0 spiro atoms. The van der Waals surface area contributed by atoms with Crippen molar-refractivity contribution in [2.75, 3.05) is 32.3 Å². The molecule has 0 N–H and O–H groups in total. The minimum absolute atomic E-state index is 0.340. The highest BCUT2D eigenvalue weighted by atomic mass is 79.9. The number of methoxy groups -OCH3 is 1. The Labute approximate surface area is 83.8 Å². The lowest BCUT2D eigenvalue weighted by molar-refractivity contribution is 0.0586. The molecule has 0 aromatic rings. The molecule has 0 heterocycles. The summed E-state index contributed by atoms with van der Waals surface area (Å²) in [6.45, 7) is 6.66. The Kier molecular flexibility index (Phi) is 7.10. The molecule has 0 aromatic carbocycles. The smallest absolute Gasteiger partial charge is 0.0700 e. The SMILES string of the molecule is COCCOCCC(C)(C)CBr. The molecule has 0 saturated carbocycles. The molecular formula is C9H19BrO2. The maximum atomic E-state index is 5.37. The minimum Gasteiger partial charge on any atom is -0.382 e. The lowest BCUT2D eigenvalue weighted by atomic mass is 9.93. The average Bonchev–Trinajstić information content (AvgIpc) is 2.04. The van der Waals surface area contributed by atoms with Crippen LogP contribution in [0.1, 0.15) is 20.3 Å². The summed E-state index contributed by atoms with van der Waals surface area (Å²) in [6.07, 6.45) is 1.09. The normalized spacial score (nSPS) is 12.0. The predicted molar refractivity (Wildman–Crippen MR) is 54.9 cm³/mol. The van der Waals surface area contributed by atoms with Crippen molar-refractivity contribution in [2.45, 2.75) is 20.3 Å². The molecule has 0 aliphatic heterocycles. The Balaban J connectivity index is 3.19. The van der Waals surface area contributed by atoms with Crippen LogP contribution in [0, 0.1) is 5.41 Å². The van der Waals surface area contributed by atoms with E-state index in [1.807, 2.05) is 0 Å². The Hall–Kier alpha value is 0.400. The van der Waals surface area contributed by atoms with Crippen LogP contribution in [-0.2, 0) is 9.47 Å². The van der Waals surface area contributed by atoms with Crippen molar-refractivity contribution in [3.8, 4) is 0 Å². The Morgan fingerprint density at radius 2 is 1.83 bits per heavy atom. The molecule has 3 heteroatoms. The summed E-state index contributed by atoms with van der Waals surface area (Å²) < 4.78 is 10.2. The molecular weight excluding hydrogens is 220 g/mol. The predicted octanol–water partition coefficient (Wildman–Crippen LogP) is 2.46. The second-order valence-electron chi connectivity index (χ2n) is 3.65. The molecule has 0 radical (unpaired) electrons. The molecule has 0 fully saturated rings.